The number of nitrogens with one attached hydrogen (secondary N) is 1. The third kappa shape index (κ3) is 3.99. The summed E-state index contributed by atoms with van der Waals surface area (Å²) in [5, 5.41) is 14.4. The highest BCUT2D eigenvalue weighted by molar-refractivity contribution is 7.15. The molecule has 0 saturated heterocycles. The second-order valence-electron chi connectivity index (χ2n) is 5.73. The summed E-state index contributed by atoms with van der Waals surface area (Å²) in [5.41, 5.74) is 2.86. The lowest BCUT2D eigenvalue weighted by molar-refractivity contribution is -0.116. The maximum Gasteiger partial charge on any atom is 0.339 e. The number of rotatable bonds is 6. The lowest BCUT2D eigenvalue weighted by Crippen LogP contribution is -2.12. The van der Waals surface area contributed by atoms with Crippen molar-refractivity contribution in [2.45, 2.75) is 39.5 Å². The van der Waals surface area contributed by atoms with E-state index in [4.69, 9.17) is 0 Å². The van der Waals surface area contributed by atoms with Gasteiger partial charge >= 0.3 is 5.97 Å². The van der Waals surface area contributed by atoms with Crippen LogP contribution in [-0.4, -0.2) is 17.0 Å². The number of amides is 1. The Balaban J connectivity index is 2.37. The summed E-state index contributed by atoms with van der Waals surface area (Å²) in [4.78, 5) is 23.4. The van der Waals surface area contributed by atoms with E-state index in [1.165, 1.54) is 16.9 Å². The summed E-state index contributed by atoms with van der Waals surface area (Å²) in [6.45, 7) is 6.14. The fourth-order valence-corrected chi connectivity index (χ4v) is 3.32. The van der Waals surface area contributed by atoms with Gasteiger partial charge in [-0.3, -0.25) is 4.79 Å². The Morgan fingerprint density at radius 2 is 1.87 bits per heavy atom. The number of anilines is 1. The largest absolute Gasteiger partial charge is 0.478 e. The SMILES string of the molecule is CCCC(=O)Nc1scc(-c2ccc(C(C)C)cc2)c1C(=O)O. The third-order valence-electron chi connectivity index (χ3n) is 3.62. The van der Waals surface area contributed by atoms with E-state index in [0.29, 0.717) is 22.9 Å². The first-order chi connectivity index (χ1) is 10.9. The van der Waals surface area contributed by atoms with Crippen LogP contribution in [0.4, 0.5) is 5.00 Å². The molecule has 0 atom stereocenters. The van der Waals surface area contributed by atoms with Gasteiger partial charge in [0.15, 0.2) is 0 Å². The highest BCUT2D eigenvalue weighted by Gasteiger charge is 2.20. The van der Waals surface area contributed by atoms with Crippen molar-refractivity contribution < 1.29 is 14.7 Å². The molecule has 0 fully saturated rings. The summed E-state index contributed by atoms with van der Waals surface area (Å²) in [6, 6.07) is 7.89. The van der Waals surface area contributed by atoms with E-state index in [1.54, 1.807) is 5.38 Å². The molecule has 2 aromatic rings. The van der Waals surface area contributed by atoms with Crippen LogP contribution in [-0.2, 0) is 4.79 Å². The van der Waals surface area contributed by atoms with Crippen LogP contribution >= 0.6 is 11.3 Å². The number of hydrogen-bond donors (Lipinski definition) is 2. The molecule has 1 heterocycles. The fourth-order valence-electron chi connectivity index (χ4n) is 2.34. The molecule has 1 aromatic heterocycles. The van der Waals surface area contributed by atoms with Crippen molar-refractivity contribution in [1.82, 2.24) is 0 Å². The van der Waals surface area contributed by atoms with Crippen LogP contribution in [0.3, 0.4) is 0 Å². The van der Waals surface area contributed by atoms with Gasteiger partial charge in [0.2, 0.25) is 5.91 Å². The average molecular weight is 331 g/mol. The summed E-state index contributed by atoms with van der Waals surface area (Å²) in [6.07, 6.45) is 1.11. The summed E-state index contributed by atoms with van der Waals surface area (Å²) in [7, 11) is 0. The van der Waals surface area contributed by atoms with Crippen molar-refractivity contribution in [3.63, 3.8) is 0 Å². The molecule has 0 aliphatic rings. The molecule has 23 heavy (non-hydrogen) atoms. The molecule has 0 aliphatic carbocycles. The first kappa shape index (κ1) is 17.2. The van der Waals surface area contributed by atoms with Gasteiger partial charge in [-0.05, 0) is 23.5 Å². The molecule has 0 aliphatic heterocycles. The van der Waals surface area contributed by atoms with E-state index in [2.05, 4.69) is 19.2 Å². The topological polar surface area (TPSA) is 66.4 Å². The van der Waals surface area contributed by atoms with Gasteiger partial charge in [-0.15, -0.1) is 11.3 Å². The summed E-state index contributed by atoms with van der Waals surface area (Å²) in [5.74, 6) is -0.756. The monoisotopic (exact) mass is 331 g/mol. The predicted molar refractivity (Wildman–Crippen MR) is 94.3 cm³/mol. The van der Waals surface area contributed by atoms with Crippen molar-refractivity contribution in [2.24, 2.45) is 0 Å². The third-order valence-corrected chi connectivity index (χ3v) is 4.52. The Morgan fingerprint density at radius 1 is 1.22 bits per heavy atom. The quantitative estimate of drug-likeness (QED) is 0.785. The van der Waals surface area contributed by atoms with Crippen LogP contribution in [0.2, 0.25) is 0 Å². The van der Waals surface area contributed by atoms with Gasteiger partial charge in [-0.25, -0.2) is 4.79 Å². The first-order valence-electron chi connectivity index (χ1n) is 7.69. The van der Waals surface area contributed by atoms with Crippen LogP contribution in [0.1, 0.15) is 55.5 Å². The minimum Gasteiger partial charge on any atom is -0.478 e. The van der Waals surface area contributed by atoms with Crippen molar-refractivity contribution in [2.75, 3.05) is 5.32 Å². The van der Waals surface area contributed by atoms with Gasteiger partial charge in [-0.2, -0.15) is 0 Å². The number of aromatic carboxylic acids is 1. The molecule has 1 aromatic carbocycles. The predicted octanol–water partition coefficient (Wildman–Crippen LogP) is 4.98. The van der Waals surface area contributed by atoms with E-state index in [1.807, 2.05) is 31.2 Å². The van der Waals surface area contributed by atoms with Crippen LogP contribution in [0.5, 0.6) is 0 Å². The molecule has 0 bridgehead atoms. The minimum absolute atomic E-state index is 0.154. The molecular weight excluding hydrogens is 310 g/mol. The summed E-state index contributed by atoms with van der Waals surface area (Å²) >= 11 is 1.25. The second-order valence-corrected chi connectivity index (χ2v) is 6.61. The van der Waals surface area contributed by atoms with Crippen LogP contribution in [0.25, 0.3) is 11.1 Å². The van der Waals surface area contributed by atoms with E-state index in [-0.39, 0.29) is 11.5 Å². The van der Waals surface area contributed by atoms with Gasteiger partial charge in [-0.1, -0.05) is 45.0 Å². The van der Waals surface area contributed by atoms with Crippen molar-refractivity contribution in [3.05, 3.63) is 40.8 Å². The number of carboxylic acids is 1. The Labute approximate surface area is 140 Å². The molecule has 122 valence electrons. The number of carbonyl (C=O) groups is 2. The minimum atomic E-state index is -1.03. The smallest absolute Gasteiger partial charge is 0.339 e. The molecule has 1 amide bonds. The maximum absolute atomic E-state index is 11.8. The number of benzene rings is 1. The number of thiophene rings is 1. The normalized spacial score (nSPS) is 10.8. The highest BCUT2D eigenvalue weighted by Crippen LogP contribution is 2.36. The first-order valence-corrected chi connectivity index (χ1v) is 8.57. The van der Waals surface area contributed by atoms with E-state index in [0.717, 1.165) is 12.0 Å². The van der Waals surface area contributed by atoms with Crippen molar-refractivity contribution in [1.29, 1.82) is 0 Å². The number of hydrogen-bond acceptors (Lipinski definition) is 3. The Morgan fingerprint density at radius 3 is 2.39 bits per heavy atom. The molecule has 2 rings (SSSR count). The standard InChI is InChI=1S/C18H21NO3S/c1-4-5-15(20)19-17-16(18(21)22)14(10-23-17)13-8-6-12(7-9-13)11(2)3/h6-11H,4-5H2,1-3H3,(H,19,20)(H,21,22). The lowest BCUT2D eigenvalue weighted by atomic mass is 9.98. The summed E-state index contributed by atoms with van der Waals surface area (Å²) < 4.78 is 0. The zero-order valence-electron chi connectivity index (χ0n) is 13.6. The Hall–Kier alpha value is -2.14. The lowest BCUT2D eigenvalue weighted by Gasteiger charge is -2.08. The van der Waals surface area contributed by atoms with Gasteiger partial charge < -0.3 is 10.4 Å². The van der Waals surface area contributed by atoms with Crippen LogP contribution in [0, 0.1) is 0 Å². The molecule has 5 heteroatoms. The zero-order valence-corrected chi connectivity index (χ0v) is 14.4. The van der Waals surface area contributed by atoms with E-state index in [9.17, 15) is 14.7 Å². The highest BCUT2D eigenvalue weighted by atomic mass is 32.1. The number of carbonyl (C=O) groups excluding carboxylic acids is 1. The van der Waals surface area contributed by atoms with Crippen molar-refractivity contribution >= 4 is 28.2 Å². The second kappa shape index (κ2) is 7.42. The van der Waals surface area contributed by atoms with Gasteiger partial charge in [0.1, 0.15) is 10.6 Å². The molecule has 0 saturated carbocycles. The van der Waals surface area contributed by atoms with Crippen LogP contribution in [0.15, 0.2) is 29.6 Å². The van der Waals surface area contributed by atoms with Gasteiger partial charge in [0, 0.05) is 17.4 Å². The molecule has 0 radical (unpaired) electrons. The number of carboxylic acid groups (broad SMARTS) is 1. The van der Waals surface area contributed by atoms with Gasteiger partial charge in [0.25, 0.3) is 0 Å². The molecule has 0 spiro atoms. The van der Waals surface area contributed by atoms with E-state index < -0.39 is 5.97 Å². The average Bonchev–Trinajstić information content (AvgIpc) is 2.91. The molecule has 4 nitrogen and oxygen atoms in total. The van der Waals surface area contributed by atoms with E-state index >= 15 is 0 Å². The van der Waals surface area contributed by atoms with Crippen molar-refractivity contribution in [3.8, 4) is 11.1 Å². The Bertz CT molecular complexity index is 702. The molecule has 0 unspecified atom stereocenters. The van der Waals surface area contributed by atoms with Crippen LogP contribution < -0.4 is 5.32 Å². The molecule has 2 N–H and O–H groups in total. The fraction of sp³-hybridized carbons (Fsp3) is 0.333. The molecular formula is C18H21NO3S. The van der Waals surface area contributed by atoms with Gasteiger partial charge in [0.05, 0.1) is 0 Å². The Kier molecular flexibility index (Phi) is 5.55. The maximum atomic E-state index is 11.8. The zero-order chi connectivity index (χ0) is 17.0.